The van der Waals surface area contributed by atoms with E-state index in [1.54, 1.807) is 0 Å². The molecule has 0 radical (unpaired) electrons. The number of allylic oxidation sites excluding steroid dienone is 6. The van der Waals surface area contributed by atoms with Crippen molar-refractivity contribution in [2.24, 2.45) is 0 Å². The highest BCUT2D eigenvalue weighted by Gasteiger charge is 2.19. The second-order valence-corrected chi connectivity index (χ2v) is 19.2. The van der Waals surface area contributed by atoms with Crippen molar-refractivity contribution in [2.45, 2.75) is 309 Å². The Labute approximate surface area is 404 Å². The Morgan fingerprint density at radius 1 is 0.308 bits per heavy atom. The number of esters is 3. The van der Waals surface area contributed by atoms with Crippen molar-refractivity contribution < 1.29 is 28.6 Å². The minimum Gasteiger partial charge on any atom is -0.462 e. The lowest BCUT2D eigenvalue weighted by Gasteiger charge is -2.18. The van der Waals surface area contributed by atoms with Crippen LogP contribution in [0.4, 0.5) is 0 Å². The molecule has 0 saturated carbocycles. The van der Waals surface area contributed by atoms with E-state index in [9.17, 15) is 14.4 Å². The maximum Gasteiger partial charge on any atom is 0.306 e. The summed E-state index contributed by atoms with van der Waals surface area (Å²) in [6.45, 7) is 6.63. The van der Waals surface area contributed by atoms with E-state index in [1.807, 2.05) is 0 Å². The molecule has 0 aromatic rings. The highest BCUT2D eigenvalue weighted by atomic mass is 16.6. The van der Waals surface area contributed by atoms with Gasteiger partial charge in [0.05, 0.1) is 0 Å². The maximum atomic E-state index is 12.8. The average molecular weight is 914 g/mol. The van der Waals surface area contributed by atoms with Gasteiger partial charge in [0.2, 0.25) is 0 Å². The molecule has 6 nitrogen and oxygen atoms in total. The highest BCUT2D eigenvalue weighted by Crippen LogP contribution is 2.16. The molecule has 0 aliphatic rings. The summed E-state index contributed by atoms with van der Waals surface area (Å²) >= 11 is 0. The molecule has 380 valence electrons. The third-order valence-corrected chi connectivity index (χ3v) is 12.6. The van der Waals surface area contributed by atoms with Gasteiger partial charge < -0.3 is 14.2 Å². The minimum absolute atomic E-state index is 0.0745. The predicted octanol–water partition coefficient (Wildman–Crippen LogP) is 18.9. The number of ether oxygens (including phenoxy) is 3. The first-order valence-corrected chi connectivity index (χ1v) is 28.5. The first-order valence-electron chi connectivity index (χ1n) is 28.5. The lowest BCUT2D eigenvalue weighted by Crippen LogP contribution is -2.30. The molecule has 0 N–H and O–H groups in total. The van der Waals surface area contributed by atoms with E-state index >= 15 is 0 Å². The molecule has 0 amide bonds. The Morgan fingerprint density at radius 2 is 0.554 bits per heavy atom. The summed E-state index contributed by atoms with van der Waals surface area (Å²) in [7, 11) is 0. The summed E-state index contributed by atoms with van der Waals surface area (Å²) < 4.78 is 16.9. The van der Waals surface area contributed by atoms with E-state index in [4.69, 9.17) is 14.2 Å². The Hall–Kier alpha value is -2.37. The van der Waals surface area contributed by atoms with Crippen LogP contribution in [0.15, 0.2) is 36.5 Å². The Kier molecular flexibility index (Phi) is 52.3. The molecule has 0 heterocycles. The molecule has 0 fully saturated rings. The summed E-state index contributed by atoms with van der Waals surface area (Å²) in [6, 6.07) is 0. The van der Waals surface area contributed by atoms with Gasteiger partial charge in [0.15, 0.2) is 6.10 Å². The van der Waals surface area contributed by atoms with Crippen LogP contribution in [0.3, 0.4) is 0 Å². The van der Waals surface area contributed by atoms with Gasteiger partial charge in [-0.15, -0.1) is 0 Å². The van der Waals surface area contributed by atoms with E-state index in [2.05, 4.69) is 57.2 Å². The van der Waals surface area contributed by atoms with Crippen molar-refractivity contribution >= 4 is 17.9 Å². The summed E-state index contributed by atoms with van der Waals surface area (Å²) in [5, 5.41) is 0. The van der Waals surface area contributed by atoms with Gasteiger partial charge in [-0.2, -0.15) is 0 Å². The number of carbonyl (C=O) groups is 3. The smallest absolute Gasteiger partial charge is 0.306 e. The van der Waals surface area contributed by atoms with E-state index < -0.39 is 6.10 Å². The molecule has 6 heteroatoms. The SMILES string of the molecule is CCCCC/C=C\C/C=C\CCCCCCCCCC(=O)OC[C@@H](COC(=O)CCCCCCCCCCCCCCCC)OC(=O)CCCCCCC/C=C\CCCCCCCCC. The standard InChI is InChI=1S/C59H108O6/c1-4-7-10-13-16-19-22-25-28-30-32-34-37-40-43-46-49-52-58(61)64-55-56(54-63-57(60)51-48-45-42-39-36-33-27-24-21-18-15-12-9-6-3)65-59(62)53-50-47-44-41-38-35-31-29-26-23-20-17-14-11-8-5-2/h16,19,25,28-29,31,56H,4-15,17-18,20-24,26-27,30,32-55H2,1-3H3/b19-16-,28-25-,31-29-/t56-/m1/s1. The van der Waals surface area contributed by atoms with Gasteiger partial charge >= 0.3 is 17.9 Å². The Bertz CT molecular complexity index is 1090. The van der Waals surface area contributed by atoms with Gasteiger partial charge in [0.1, 0.15) is 13.2 Å². The predicted molar refractivity (Wildman–Crippen MR) is 279 cm³/mol. The fraction of sp³-hybridized carbons (Fsp3) is 0.847. The van der Waals surface area contributed by atoms with E-state index in [0.29, 0.717) is 19.3 Å². The van der Waals surface area contributed by atoms with Crippen LogP contribution in [-0.4, -0.2) is 37.2 Å². The molecular weight excluding hydrogens is 805 g/mol. The van der Waals surface area contributed by atoms with Crippen LogP contribution in [-0.2, 0) is 28.6 Å². The molecule has 65 heavy (non-hydrogen) atoms. The van der Waals surface area contributed by atoms with Crippen LogP contribution in [0, 0.1) is 0 Å². The largest absolute Gasteiger partial charge is 0.462 e. The van der Waals surface area contributed by atoms with Crippen LogP contribution >= 0.6 is 0 Å². The monoisotopic (exact) mass is 913 g/mol. The lowest BCUT2D eigenvalue weighted by molar-refractivity contribution is -0.167. The molecule has 0 aliphatic carbocycles. The second kappa shape index (κ2) is 54.2. The van der Waals surface area contributed by atoms with Crippen molar-refractivity contribution in [1.82, 2.24) is 0 Å². The second-order valence-electron chi connectivity index (χ2n) is 19.2. The van der Waals surface area contributed by atoms with E-state index in [-0.39, 0.29) is 31.1 Å². The van der Waals surface area contributed by atoms with Gasteiger partial charge in [-0.3, -0.25) is 14.4 Å². The van der Waals surface area contributed by atoms with Crippen molar-refractivity contribution in [3.05, 3.63) is 36.5 Å². The molecule has 0 aromatic heterocycles. The third-order valence-electron chi connectivity index (χ3n) is 12.6. The van der Waals surface area contributed by atoms with E-state index in [0.717, 1.165) is 77.0 Å². The first kappa shape index (κ1) is 62.6. The number of rotatable bonds is 52. The summed E-state index contributed by atoms with van der Waals surface area (Å²) in [4.78, 5) is 38.1. The molecule has 0 bridgehead atoms. The maximum absolute atomic E-state index is 12.8. The normalized spacial score (nSPS) is 12.2. The Balaban J connectivity index is 4.37. The van der Waals surface area contributed by atoms with E-state index in [1.165, 1.54) is 186 Å². The van der Waals surface area contributed by atoms with Crippen molar-refractivity contribution in [2.75, 3.05) is 13.2 Å². The van der Waals surface area contributed by atoms with Gasteiger partial charge in [-0.1, -0.05) is 243 Å². The van der Waals surface area contributed by atoms with Crippen molar-refractivity contribution in [3.8, 4) is 0 Å². The molecule has 0 unspecified atom stereocenters. The van der Waals surface area contributed by atoms with Crippen LogP contribution < -0.4 is 0 Å². The first-order chi connectivity index (χ1) is 32.0. The van der Waals surface area contributed by atoms with Crippen LogP contribution in [0.2, 0.25) is 0 Å². The molecule has 0 saturated heterocycles. The zero-order valence-electron chi connectivity index (χ0n) is 43.5. The van der Waals surface area contributed by atoms with Gasteiger partial charge in [0, 0.05) is 19.3 Å². The zero-order valence-corrected chi connectivity index (χ0v) is 43.5. The summed E-state index contributed by atoms with van der Waals surface area (Å²) in [6.07, 6.45) is 64.1. The topological polar surface area (TPSA) is 78.9 Å². The van der Waals surface area contributed by atoms with Crippen LogP contribution in [0.25, 0.3) is 0 Å². The average Bonchev–Trinajstić information content (AvgIpc) is 3.30. The molecule has 0 aromatic carbocycles. The molecular formula is C59H108O6. The third kappa shape index (κ3) is 52.5. The molecule has 0 rings (SSSR count). The molecule has 1 atom stereocenters. The van der Waals surface area contributed by atoms with Crippen LogP contribution in [0.5, 0.6) is 0 Å². The fourth-order valence-electron chi connectivity index (χ4n) is 8.29. The number of unbranched alkanes of at least 4 members (excludes halogenated alkanes) is 35. The van der Waals surface area contributed by atoms with Gasteiger partial charge in [-0.05, 0) is 77.0 Å². The van der Waals surface area contributed by atoms with Gasteiger partial charge in [-0.25, -0.2) is 0 Å². The fourth-order valence-corrected chi connectivity index (χ4v) is 8.29. The summed E-state index contributed by atoms with van der Waals surface area (Å²) in [5.41, 5.74) is 0. The zero-order chi connectivity index (χ0) is 47.2. The lowest BCUT2D eigenvalue weighted by atomic mass is 10.0. The number of hydrogen-bond donors (Lipinski definition) is 0. The quantitative estimate of drug-likeness (QED) is 0.0262. The number of hydrogen-bond acceptors (Lipinski definition) is 6. The van der Waals surface area contributed by atoms with Crippen molar-refractivity contribution in [3.63, 3.8) is 0 Å². The highest BCUT2D eigenvalue weighted by molar-refractivity contribution is 5.71. The minimum atomic E-state index is -0.776. The molecule has 0 aliphatic heterocycles. The van der Waals surface area contributed by atoms with Crippen molar-refractivity contribution in [1.29, 1.82) is 0 Å². The number of carbonyl (C=O) groups excluding carboxylic acids is 3. The Morgan fingerprint density at radius 3 is 0.892 bits per heavy atom. The molecule has 0 spiro atoms. The van der Waals surface area contributed by atoms with Gasteiger partial charge in [0.25, 0.3) is 0 Å². The summed E-state index contributed by atoms with van der Waals surface area (Å²) in [5.74, 6) is -0.875. The van der Waals surface area contributed by atoms with Crippen LogP contribution in [0.1, 0.15) is 303 Å².